The molecule has 1 nitrogen and oxygen atoms in total. The van der Waals surface area contributed by atoms with Crippen molar-refractivity contribution in [3.05, 3.63) is 23.5 Å². The van der Waals surface area contributed by atoms with Crippen LogP contribution in [-0.4, -0.2) is 13.4 Å². The molecule has 0 spiro atoms. The molecule has 0 aromatic heterocycles. The van der Waals surface area contributed by atoms with Gasteiger partial charge in [-0.15, -0.1) is 11.8 Å². The summed E-state index contributed by atoms with van der Waals surface area (Å²) >= 11 is 1.42. The molecule has 0 N–H and O–H groups in total. The topological polar surface area (TPSA) is 9.23 Å². The van der Waals surface area contributed by atoms with Gasteiger partial charge >= 0.3 is 0 Å². The van der Waals surface area contributed by atoms with Gasteiger partial charge in [-0.05, 0) is 24.3 Å². The largest absolute Gasteiger partial charge is 0.496 e. The molecule has 0 fully saturated rings. The standard InChI is InChI=1S/C11H15FOS/c1-7(2)10-8(13-3)5-6-9(14-4)11(10)12/h5-7H,1-4H3. The van der Waals surface area contributed by atoms with Crippen LogP contribution in [0.15, 0.2) is 17.0 Å². The zero-order chi connectivity index (χ0) is 10.7. The first-order valence-electron chi connectivity index (χ1n) is 4.52. The maximum Gasteiger partial charge on any atom is 0.143 e. The van der Waals surface area contributed by atoms with Gasteiger partial charge in [0.05, 0.1) is 7.11 Å². The number of thioether (sulfide) groups is 1. The lowest BCUT2D eigenvalue weighted by Crippen LogP contribution is -1.99. The molecule has 78 valence electrons. The summed E-state index contributed by atoms with van der Waals surface area (Å²) in [5.74, 6) is 0.624. The Morgan fingerprint density at radius 1 is 1.36 bits per heavy atom. The summed E-state index contributed by atoms with van der Waals surface area (Å²) in [4.78, 5) is 0.675. The first-order valence-corrected chi connectivity index (χ1v) is 5.74. The number of hydrogen-bond acceptors (Lipinski definition) is 2. The lowest BCUT2D eigenvalue weighted by Gasteiger charge is -2.14. The molecule has 0 radical (unpaired) electrons. The van der Waals surface area contributed by atoms with Crippen molar-refractivity contribution in [2.75, 3.05) is 13.4 Å². The lowest BCUT2D eigenvalue weighted by atomic mass is 10.0. The number of methoxy groups -OCH3 is 1. The Labute approximate surface area is 88.7 Å². The first kappa shape index (κ1) is 11.4. The Morgan fingerprint density at radius 2 is 2.00 bits per heavy atom. The molecule has 14 heavy (non-hydrogen) atoms. The first-order chi connectivity index (χ1) is 6.61. The molecule has 0 amide bonds. The number of benzene rings is 1. The van der Waals surface area contributed by atoms with Crippen molar-refractivity contribution >= 4 is 11.8 Å². The van der Waals surface area contributed by atoms with Gasteiger partial charge in [0.1, 0.15) is 11.6 Å². The van der Waals surface area contributed by atoms with Crippen LogP contribution >= 0.6 is 11.8 Å². The molecule has 0 atom stereocenters. The summed E-state index contributed by atoms with van der Waals surface area (Å²) in [5, 5.41) is 0. The fourth-order valence-corrected chi connectivity index (χ4v) is 1.92. The molecule has 0 aliphatic heterocycles. The van der Waals surface area contributed by atoms with E-state index >= 15 is 0 Å². The average molecular weight is 214 g/mol. The minimum absolute atomic E-state index is 0.136. The molecule has 0 saturated heterocycles. The van der Waals surface area contributed by atoms with Crippen LogP contribution < -0.4 is 4.74 Å². The fourth-order valence-electron chi connectivity index (χ4n) is 1.43. The zero-order valence-electron chi connectivity index (χ0n) is 8.93. The van der Waals surface area contributed by atoms with Crippen LogP contribution in [0.5, 0.6) is 5.75 Å². The van der Waals surface area contributed by atoms with Crippen molar-refractivity contribution in [1.29, 1.82) is 0 Å². The van der Waals surface area contributed by atoms with Gasteiger partial charge in [0.15, 0.2) is 0 Å². The molecule has 0 aliphatic carbocycles. The molecule has 0 saturated carbocycles. The quantitative estimate of drug-likeness (QED) is 0.710. The van der Waals surface area contributed by atoms with Crippen molar-refractivity contribution in [3.63, 3.8) is 0 Å². The highest BCUT2D eigenvalue weighted by Crippen LogP contribution is 2.33. The summed E-state index contributed by atoms with van der Waals surface area (Å²) < 4.78 is 19.0. The van der Waals surface area contributed by atoms with Gasteiger partial charge in [0.2, 0.25) is 0 Å². The van der Waals surface area contributed by atoms with Gasteiger partial charge in [0.25, 0.3) is 0 Å². The Balaban J connectivity index is 3.31. The van der Waals surface area contributed by atoms with E-state index in [2.05, 4.69) is 0 Å². The van der Waals surface area contributed by atoms with Crippen molar-refractivity contribution in [2.45, 2.75) is 24.7 Å². The highest BCUT2D eigenvalue weighted by molar-refractivity contribution is 7.98. The van der Waals surface area contributed by atoms with E-state index in [1.54, 1.807) is 13.2 Å². The lowest BCUT2D eigenvalue weighted by molar-refractivity contribution is 0.399. The van der Waals surface area contributed by atoms with Crippen LogP contribution in [0, 0.1) is 5.82 Å². The van der Waals surface area contributed by atoms with Crippen LogP contribution in [0.1, 0.15) is 25.3 Å². The molecule has 1 rings (SSSR count). The highest BCUT2D eigenvalue weighted by atomic mass is 32.2. The van der Waals surface area contributed by atoms with Gasteiger partial charge < -0.3 is 4.74 Å². The Morgan fingerprint density at radius 3 is 2.43 bits per heavy atom. The third-order valence-electron chi connectivity index (χ3n) is 2.12. The molecule has 0 unspecified atom stereocenters. The van der Waals surface area contributed by atoms with Gasteiger partial charge in [0, 0.05) is 10.5 Å². The molecule has 0 aliphatic rings. The molecular formula is C11H15FOS. The second-order valence-electron chi connectivity index (χ2n) is 3.35. The smallest absolute Gasteiger partial charge is 0.143 e. The van der Waals surface area contributed by atoms with Gasteiger partial charge in [-0.25, -0.2) is 4.39 Å². The Hall–Kier alpha value is -0.700. The fraction of sp³-hybridized carbons (Fsp3) is 0.455. The third kappa shape index (κ3) is 2.03. The molecule has 3 heteroatoms. The third-order valence-corrected chi connectivity index (χ3v) is 2.88. The van der Waals surface area contributed by atoms with Crippen LogP contribution in [0.3, 0.4) is 0 Å². The normalized spacial score (nSPS) is 10.7. The van der Waals surface area contributed by atoms with E-state index in [0.29, 0.717) is 16.2 Å². The van der Waals surface area contributed by atoms with Crippen LogP contribution in [-0.2, 0) is 0 Å². The number of hydrogen-bond donors (Lipinski definition) is 0. The highest BCUT2D eigenvalue weighted by Gasteiger charge is 2.16. The van der Waals surface area contributed by atoms with E-state index < -0.39 is 0 Å². The van der Waals surface area contributed by atoms with Crippen molar-refractivity contribution in [3.8, 4) is 5.75 Å². The van der Waals surface area contributed by atoms with Crippen LogP contribution in [0.25, 0.3) is 0 Å². The van der Waals surface area contributed by atoms with E-state index in [1.807, 2.05) is 26.2 Å². The van der Waals surface area contributed by atoms with E-state index in [1.165, 1.54) is 11.8 Å². The van der Waals surface area contributed by atoms with Gasteiger partial charge in [-0.2, -0.15) is 0 Å². The second kappa shape index (κ2) is 4.69. The van der Waals surface area contributed by atoms with Crippen molar-refractivity contribution < 1.29 is 9.13 Å². The maximum absolute atomic E-state index is 13.9. The number of ether oxygens (including phenoxy) is 1. The SMILES string of the molecule is COc1ccc(SC)c(F)c1C(C)C. The van der Waals surface area contributed by atoms with E-state index in [-0.39, 0.29) is 11.7 Å². The minimum atomic E-state index is -0.146. The summed E-state index contributed by atoms with van der Waals surface area (Å²) in [6.45, 7) is 3.93. The van der Waals surface area contributed by atoms with E-state index in [9.17, 15) is 4.39 Å². The predicted octanol–water partition coefficient (Wildman–Crippen LogP) is 3.68. The van der Waals surface area contributed by atoms with Gasteiger partial charge in [-0.3, -0.25) is 0 Å². The molecular weight excluding hydrogens is 199 g/mol. The maximum atomic E-state index is 13.9. The number of halogens is 1. The monoisotopic (exact) mass is 214 g/mol. The molecule has 1 aromatic carbocycles. The van der Waals surface area contributed by atoms with Crippen molar-refractivity contribution in [2.24, 2.45) is 0 Å². The average Bonchev–Trinajstić information content (AvgIpc) is 2.16. The van der Waals surface area contributed by atoms with E-state index in [0.717, 1.165) is 0 Å². The zero-order valence-corrected chi connectivity index (χ0v) is 9.74. The van der Waals surface area contributed by atoms with E-state index in [4.69, 9.17) is 4.74 Å². The minimum Gasteiger partial charge on any atom is -0.496 e. The summed E-state index contributed by atoms with van der Waals surface area (Å²) in [7, 11) is 1.57. The molecule has 0 heterocycles. The Kier molecular flexibility index (Phi) is 3.81. The number of rotatable bonds is 3. The molecule has 1 aromatic rings. The summed E-state index contributed by atoms with van der Waals surface area (Å²) in [6, 6.07) is 3.58. The summed E-state index contributed by atoms with van der Waals surface area (Å²) in [5.41, 5.74) is 0.666. The van der Waals surface area contributed by atoms with Crippen LogP contribution in [0.2, 0.25) is 0 Å². The van der Waals surface area contributed by atoms with Crippen molar-refractivity contribution in [1.82, 2.24) is 0 Å². The summed E-state index contributed by atoms with van der Waals surface area (Å²) in [6.07, 6.45) is 1.87. The van der Waals surface area contributed by atoms with Gasteiger partial charge in [-0.1, -0.05) is 13.8 Å². The predicted molar refractivity (Wildman–Crippen MR) is 58.8 cm³/mol. The molecule has 0 bridgehead atoms. The Bertz CT molecular complexity index is 323. The second-order valence-corrected chi connectivity index (χ2v) is 4.20. The van der Waals surface area contributed by atoms with Crippen LogP contribution in [0.4, 0.5) is 4.39 Å².